The standard InChI is InChI=1S/C29H29N3O3/c1-3-34-29(33)24-13-15-25(18-24)30-26-16-14-23(17-19(26)2)27-31-28(35-32-27)22-11-9-21(10-12-22)20-7-5-4-6-8-20/h4-12,14,16-17,24-25,30H,3,13,15,18H2,1-2H3/t24-,25+/m1/s1. The number of aromatic nitrogens is 2. The van der Waals surface area contributed by atoms with Gasteiger partial charge in [0.15, 0.2) is 0 Å². The lowest BCUT2D eigenvalue weighted by atomic mass is 10.0. The highest BCUT2D eigenvalue weighted by Crippen LogP contribution is 2.32. The molecule has 1 aromatic heterocycles. The maximum absolute atomic E-state index is 12.0. The van der Waals surface area contributed by atoms with Crippen molar-refractivity contribution in [3.8, 4) is 34.0 Å². The molecule has 0 bridgehead atoms. The number of hydrogen-bond acceptors (Lipinski definition) is 6. The van der Waals surface area contributed by atoms with Gasteiger partial charge in [-0.25, -0.2) is 0 Å². The van der Waals surface area contributed by atoms with Crippen LogP contribution in [-0.2, 0) is 9.53 Å². The second-order valence-corrected chi connectivity index (χ2v) is 9.00. The summed E-state index contributed by atoms with van der Waals surface area (Å²) in [6.07, 6.45) is 2.63. The van der Waals surface area contributed by atoms with Gasteiger partial charge >= 0.3 is 5.97 Å². The fraction of sp³-hybridized carbons (Fsp3) is 0.276. The van der Waals surface area contributed by atoms with Gasteiger partial charge in [-0.2, -0.15) is 4.98 Å². The minimum absolute atomic E-state index is 0.00783. The lowest BCUT2D eigenvalue weighted by molar-refractivity contribution is -0.147. The molecular formula is C29H29N3O3. The zero-order valence-corrected chi connectivity index (χ0v) is 20.0. The second kappa shape index (κ2) is 10.1. The Balaban J connectivity index is 1.26. The summed E-state index contributed by atoms with van der Waals surface area (Å²) in [5, 5.41) is 7.80. The molecular weight excluding hydrogens is 438 g/mol. The van der Waals surface area contributed by atoms with Gasteiger partial charge in [0.2, 0.25) is 5.82 Å². The van der Waals surface area contributed by atoms with Gasteiger partial charge in [-0.1, -0.05) is 47.6 Å². The molecule has 1 saturated carbocycles. The second-order valence-electron chi connectivity index (χ2n) is 9.00. The van der Waals surface area contributed by atoms with Crippen LogP contribution in [0.3, 0.4) is 0 Å². The molecule has 0 unspecified atom stereocenters. The fourth-order valence-corrected chi connectivity index (χ4v) is 4.67. The Morgan fingerprint density at radius 1 is 0.971 bits per heavy atom. The molecule has 0 saturated heterocycles. The van der Waals surface area contributed by atoms with Crippen molar-refractivity contribution in [3.05, 3.63) is 78.4 Å². The van der Waals surface area contributed by atoms with Crippen LogP contribution in [0.4, 0.5) is 5.69 Å². The highest BCUT2D eigenvalue weighted by molar-refractivity contribution is 5.73. The van der Waals surface area contributed by atoms with E-state index < -0.39 is 0 Å². The molecule has 6 nitrogen and oxygen atoms in total. The van der Waals surface area contributed by atoms with E-state index in [1.54, 1.807) is 0 Å². The van der Waals surface area contributed by atoms with Crippen LogP contribution in [0.5, 0.6) is 0 Å². The third-order valence-electron chi connectivity index (χ3n) is 6.56. The van der Waals surface area contributed by atoms with Gasteiger partial charge in [-0.05, 0) is 80.1 Å². The minimum atomic E-state index is -0.0773. The number of aryl methyl sites for hydroxylation is 1. The molecule has 1 N–H and O–H groups in total. The lowest BCUT2D eigenvalue weighted by Gasteiger charge is -2.17. The van der Waals surface area contributed by atoms with Gasteiger partial charge in [0.05, 0.1) is 12.5 Å². The lowest BCUT2D eigenvalue weighted by Crippen LogP contribution is -2.20. The van der Waals surface area contributed by atoms with Gasteiger partial charge in [-0.15, -0.1) is 0 Å². The van der Waals surface area contributed by atoms with E-state index in [2.05, 4.69) is 52.7 Å². The molecule has 1 heterocycles. The zero-order chi connectivity index (χ0) is 24.2. The van der Waals surface area contributed by atoms with E-state index >= 15 is 0 Å². The first-order valence-electron chi connectivity index (χ1n) is 12.1. The zero-order valence-electron chi connectivity index (χ0n) is 20.0. The van der Waals surface area contributed by atoms with Crippen molar-refractivity contribution < 1.29 is 14.1 Å². The first kappa shape index (κ1) is 22.8. The summed E-state index contributed by atoms with van der Waals surface area (Å²) in [6.45, 7) is 4.35. The topological polar surface area (TPSA) is 77.2 Å². The summed E-state index contributed by atoms with van der Waals surface area (Å²) >= 11 is 0. The molecule has 2 atom stereocenters. The van der Waals surface area contributed by atoms with E-state index in [0.29, 0.717) is 18.3 Å². The van der Waals surface area contributed by atoms with Crippen molar-refractivity contribution in [2.24, 2.45) is 5.92 Å². The van der Waals surface area contributed by atoms with Gasteiger partial charge in [-0.3, -0.25) is 4.79 Å². The summed E-state index contributed by atoms with van der Waals surface area (Å²) < 4.78 is 10.7. The average molecular weight is 468 g/mol. The van der Waals surface area contributed by atoms with Gasteiger partial charge in [0.1, 0.15) is 0 Å². The molecule has 5 rings (SSSR count). The molecule has 0 radical (unpaired) electrons. The number of hydrogen-bond donors (Lipinski definition) is 1. The number of esters is 1. The maximum Gasteiger partial charge on any atom is 0.308 e. The predicted molar refractivity (Wildman–Crippen MR) is 137 cm³/mol. The Bertz CT molecular complexity index is 1300. The first-order chi connectivity index (χ1) is 17.1. The number of ether oxygens (including phenoxy) is 1. The van der Waals surface area contributed by atoms with Crippen LogP contribution >= 0.6 is 0 Å². The molecule has 0 spiro atoms. The van der Waals surface area contributed by atoms with Gasteiger partial charge < -0.3 is 14.6 Å². The van der Waals surface area contributed by atoms with Crippen LogP contribution in [-0.4, -0.2) is 28.8 Å². The maximum atomic E-state index is 12.0. The highest BCUT2D eigenvalue weighted by atomic mass is 16.5. The normalized spacial score (nSPS) is 17.3. The largest absolute Gasteiger partial charge is 0.466 e. The third kappa shape index (κ3) is 5.11. The Morgan fingerprint density at radius 3 is 2.43 bits per heavy atom. The summed E-state index contributed by atoms with van der Waals surface area (Å²) in [4.78, 5) is 16.6. The van der Waals surface area contributed by atoms with Crippen LogP contribution in [0.15, 0.2) is 77.3 Å². The Hall–Kier alpha value is -3.93. The molecule has 1 aliphatic carbocycles. The quantitative estimate of drug-likeness (QED) is 0.312. The van der Waals surface area contributed by atoms with Crippen molar-refractivity contribution in [1.82, 2.24) is 10.1 Å². The summed E-state index contributed by atoms with van der Waals surface area (Å²) in [5.74, 6) is 0.971. The summed E-state index contributed by atoms with van der Waals surface area (Å²) in [7, 11) is 0. The number of benzene rings is 3. The van der Waals surface area contributed by atoms with E-state index in [-0.39, 0.29) is 17.9 Å². The first-order valence-corrected chi connectivity index (χ1v) is 12.1. The molecule has 4 aromatic rings. The Kier molecular flexibility index (Phi) is 6.62. The number of nitrogens with zero attached hydrogens (tertiary/aromatic N) is 2. The average Bonchev–Trinajstić information content (AvgIpc) is 3.57. The minimum Gasteiger partial charge on any atom is -0.466 e. The number of rotatable bonds is 7. The molecule has 1 aliphatic rings. The Morgan fingerprint density at radius 2 is 1.69 bits per heavy atom. The van der Waals surface area contributed by atoms with Crippen LogP contribution in [0.1, 0.15) is 31.7 Å². The molecule has 0 aliphatic heterocycles. The van der Waals surface area contributed by atoms with Crippen molar-refractivity contribution in [3.63, 3.8) is 0 Å². The predicted octanol–water partition coefficient (Wildman–Crippen LogP) is 6.52. The van der Waals surface area contributed by atoms with Crippen molar-refractivity contribution >= 4 is 11.7 Å². The summed E-state index contributed by atoms with van der Waals surface area (Å²) in [6, 6.07) is 24.8. The smallest absolute Gasteiger partial charge is 0.308 e. The number of anilines is 1. The monoisotopic (exact) mass is 467 g/mol. The van der Waals surface area contributed by atoms with E-state index in [9.17, 15) is 4.79 Å². The highest BCUT2D eigenvalue weighted by Gasteiger charge is 2.31. The fourth-order valence-electron chi connectivity index (χ4n) is 4.67. The van der Waals surface area contributed by atoms with Crippen molar-refractivity contribution in [2.45, 2.75) is 39.2 Å². The van der Waals surface area contributed by atoms with Crippen LogP contribution < -0.4 is 5.32 Å². The van der Waals surface area contributed by atoms with Crippen LogP contribution in [0.25, 0.3) is 34.0 Å². The number of carbonyl (C=O) groups excluding carboxylic acids is 1. The van der Waals surface area contributed by atoms with E-state index in [4.69, 9.17) is 9.26 Å². The molecule has 0 amide bonds. The molecule has 6 heteroatoms. The van der Waals surface area contributed by atoms with E-state index in [1.807, 2.05) is 49.4 Å². The van der Waals surface area contributed by atoms with Crippen LogP contribution in [0.2, 0.25) is 0 Å². The third-order valence-corrected chi connectivity index (χ3v) is 6.56. The van der Waals surface area contributed by atoms with E-state index in [0.717, 1.165) is 47.2 Å². The molecule has 178 valence electrons. The van der Waals surface area contributed by atoms with E-state index in [1.165, 1.54) is 5.56 Å². The van der Waals surface area contributed by atoms with Gasteiger partial charge in [0, 0.05) is 22.9 Å². The Labute approximate surface area is 205 Å². The molecule has 1 fully saturated rings. The van der Waals surface area contributed by atoms with Gasteiger partial charge in [0.25, 0.3) is 5.89 Å². The van der Waals surface area contributed by atoms with Crippen LogP contribution in [0, 0.1) is 12.8 Å². The van der Waals surface area contributed by atoms with Crippen molar-refractivity contribution in [2.75, 3.05) is 11.9 Å². The SMILES string of the molecule is CCOC(=O)[C@@H]1CC[C@H](Nc2ccc(-c3noc(-c4ccc(-c5ccccc5)cc4)n3)cc2C)C1. The number of carbonyl (C=O) groups is 1. The molecule has 3 aromatic carbocycles. The summed E-state index contributed by atoms with van der Waals surface area (Å²) in [5.41, 5.74) is 6.26. The van der Waals surface area contributed by atoms with Crippen molar-refractivity contribution in [1.29, 1.82) is 0 Å². The molecule has 35 heavy (non-hydrogen) atoms. The number of nitrogens with one attached hydrogen (secondary N) is 1.